The van der Waals surface area contributed by atoms with Crippen molar-refractivity contribution in [2.75, 3.05) is 5.75 Å². The highest BCUT2D eigenvalue weighted by molar-refractivity contribution is 8.00. The first-order valence-corrected chi connectivity index (χ1v) is 6.70. The molecule has 17 heavy (non-hydrogen) atoms. The molecular weight excluding hydrogens is 244 g/mol. The number of rotatable bonds is 5. The van der Waals surface area contributed by atoms with Crippen molar-refractivity contribution in [1.29, 1.82) is 0 Å². The Hall–Kier alpha value is -0.950. The van der Waals surface area contributed by atoms with Crippen LogP contribution < -0.4 is 10.6 Å². The van der Waals surface area contributed by atoms with Crippen LogP contribution in [0.5, 0.6) is 0 Å². The minimum Gasteiger partial charge on any atom is -0.481 e. The zero-order chi connectivity index (χ0) is 12.5. The number of urea groups is 1. The Morgan fingerprint density at radius 3 is 3.00 bits per heavy atom. The molecule has 4 N–H and O–H groups in total. The summed E-state index contributed by atoms with van der Waals surface area (Å²) >= 11 is 1.62. The van der Waals surface area contributed by atoms with Gasteiger partial charge < -0.3 is 20.8 Å². The lowest BCUT2D eigenvalue weighted by Crippen LogP contribution is -2.50. The number of nitrogens with one attached hydrogen (secondary N) is 2. The van der Waals surface area contributed by atoms with Crippen LogP contribution in [0.25, 0.3) is 0 Å². The van der Waals surface area contributed by atoms with Crippen LogP contribution in [0.2, 0.25) is 0 Å². The van der Waals surface area contributed by atoms with Gasteiger partial charge in [0.2, 0.25) is 0 Å². The lowest BCUT2D eigenvalue weighted by molar-refractivity contribution is -0.137. The minimum absolute atomic E-state index is 0.160. The van der Waals surface area contributed by atoms with Gasteiger partial charge in [0.25, 0.3) is 0 Å². The number of carbonyl (C=O) groups excluding carboxylic acids is 1. The molecule has 0 bridgehead atoms. The van der Waals surface area contributed by atoms with Gasteiger partial charge in [0.15, 0.2) is 5.72 Å². The molecule has 2 fully saturated rings. The highest BCUT2D eigenvalue weighted by Gasteiger charge is 2.53. The average molecular weight is 260 g/mol. The fourth-order valence-corrected chi connectivity index (χ4v) is 3.84. The molecule has 2 heterocycles. The molecule has 0 spiro atoms. The van der Waals surface area contributed by atoms with Crippen molar-refractivity contribution in [1.82, 2.24) is 10.6 Å². The number of aliphatic hydroxyl groups is 1. The molecule has 0 radical (unpaired) electrons. The van der Waals surface area contributed by atoms with Gasteiger partial charge in [-0.05, 0) is 12.8 Å². The Morgan fingerprint density at radius 2 is 2.29 bits per heavy atom. The lowest BCUT2D eigenvalue weighted by atomic mass is 10.0. The SMILES string of the molecule is O=C(O)CCCC[C@@H]1SCC2(O)NC(=O)N[C@@H]12. The summed E-state index contributed by atoms with van der Waals surface area (Å²) in [4.78, 5) is 21.5. The third kappa shape index (κ3) is 2.66. The molecule has 2 amide bonds. The predicted molar refractivity (Wildman–Crippen MR) is 62.8 cm³/mol. The Labute approximate surface area is 103 Å². The van der Waals surface area contributed by atoms with Gasteiger partial charge in [-0.3, -0.25) is 4.79 Å². The van der Waals surface area contributed by atoms with E-state index < -0.39 is 11.7 Å². The molecule has 0 aromatic carbocycles. The van der Waals surface area contributed by atoms with Crippen molar-refractivity contribution in [2.24, 2.45) is 0 Å². The molecule has 2 saturated heterocycles. The normalized spacial score (nSPS) is 35.2. The van der Waals surface area contributed by atoms with Crippen molar-refractivity contribution >= 4 is 23.8 Å². The van der Waals surface area contributed by atoms with E-state index in [9.17, 15) is 14.7 Å². The molecule has 0 aliphatic carbocycles. The van der Waals surface area contributed by atoms with Gasteiger partial charge in [-0.2, -0.15) is 11.8 Å². The van der Waals surface area contributed by atoms with E-state index in [0.29, 0.717) is 12.2 Å². The van der Waals surface area contributed by atoms with Crippen LogP contribution in [0.15, 0.2) is 0 Å². The third-order valence-corrected chi connectivity index (χ3v) is 4.69. The average Bonchev–Trinajstić information content (AvgIpc) is 2.66. The van der Waals surface area contributed by atoms with Gasteiger partial charge in [0.05, 0.1) is 6.04 Å². The van der Waals surface area contributed by atoms with Crippen molar-refractivity contribution in [3.63, 3.8) is 0 Å². The standard InChI is InChI=1S/C10H16N2O4S/c13-7(14)4-2-1-3-6-8-10(16,5-17-6)12-9(15)11-8/h6,8,16H,1-5H2,(H,13,14)(H2,11,12,15)/t6-,8-,10?/m0/s1. The molecule has 0 saturated carbocycles. The maximum Gasteiger partial charge on any atom is 0.317 e. The van der Waals surface area contributed by atoms with E-state index in [0.717, 1.165) is 12.8 Å². The first-order valence-electron chi connectivity index (χ1n) is 5.66. The number of aliphatic carboxylic acids is 1. The predicted octanol–water partition coefficient (Wildman–Crippen LogP) is 0.117. The largest absolute Gasteiger partial charge is 0.481 e. The van der Waals surface area contributed by atoms with Gasteiger partial charge in [0.1, 0.15) is 0 Å². The number of thioether (sulfide) groups is 1. The molecule has 6 nitrogen and oxygen atoms in total. The molecule has 2 aliphatic heterocycles. The van der Waals surface area contributed by atoms with E-state index in [1.807, 2.05) is 0 Å². The lowest BCUT2D eigenvalue weighted by Gasteiger charge is -2.22. The highest BCUT2D eigenvalue weighted by atomic mass is 32.2. The first-order chi connectivity index (χ1) is 8.01. The second-order valence-electron chi connectivity index (χ2n) is 4.49. The van der Waals surface area contributed by atoms with Gasteiger partial charge in [-0.25, -0.2) is 4.79 Å². The molecule has 2 rings (SSSR count). The molecule has 2 aliphatic rings. The summed E-state index contributed by atoms with van der Waals surface area (Å²) < 4.78 is 0. The van der Waals surface area contributed by atoms with Crippen molar-refractivity contribution in [2.45, 2.75) is 42.7 Å². The molecular formula is C10H16N2O4S. The van der Waals surface area contributed by atoms with E-state index in [4.69, 9.17) is 5.11 Å². The number of fused-ring (bicyclic) bond motifs is 1. The summed E-state index contributed by atoms with van der Waals surface area (Å²) in [6.07, 6.45) is 2.43. The second kappa shape index (κ2) is 4.73. The van der Waals surface area contributed by atoms with Crippen molar-refractivity contribution in [3.8, 4) is 0 Å². The molecule has 1 unspecified atom stereocenters. The van der Waals surface area contributed by atoms with Crippen LogP contribution in [-0.2, 0) is 4.79 Å². The van der Waals surface area contributed by atoms with Crippen molar-refractivity contribution in [3.05, 3.63) is 0 Å². The zero-order valence-corrected chi connectivity index (χ0v) is 10.1. The van der Waals surface area contributed by atoms with E-state index in [-0.39, 0.29) is 23.7 Å². The van der Waals surface area contributed by atoms with Gasteiger partial charge in [-0.1, -0.05) is 6.42 Å². The minimum atomic E-state index is -1.13. The first kappa shape index (κ1) is 12.5. The Kier molecular flexibility index (Phi) is 3.48. The van der Waals surface area contributed by atoms with Gasteiger partial charge in [0, 0.05) is 17.4 Å². The molecule has 0 aromatic rings. The van der Waals surface area contributed by atoms with Crippen LogP contribution in [0.3, 0.4) is 0 Å². The monoisotopic (exact) mass is 260 g/mol. The van der Waals surface area contributed by atoms with E-state index in [1.54, 1.807) is 11.8 Å². The smallest absolute Gasteiger partial charge is 0.317 e. The summed E-state index contributed by atoms with van der Waals surface area (Å²) in [6, 6.07) is -0.585. The summed E-state index contributed by atoms with van der Waals surface area (Å²) in [7, 11) is 0. The van der Waals surface area contributed by atoms with Gasteiger partial charge >= 0.3 is 12.0 Å². The van der Waals surface area contributed by atoms with E-state index in [1.165, 1.54) is 0 Å². The summed E-state index contributed by atoms with van der Waals surface area (Å²) in [5.74, 6) is -0.295. The number of hydrogen-bond acceptors (Lipinski definition) is 4. The maximum absolute atomic E-state index is 11.2. The number of unbranched alkanes of at least 4 members (excludes halogenated alkanes) is 1. The number of carbonyl (C=O) groups is 2. The second-order valence-corrected chi connectivity index (χ2v) is 5.72. The maximum atomic E-state index is 11.2. The zero-order valence-electron chi connectivity index (χ0n) is 9.31. The topological polar surface area (TPSA) is 98.7 Å². The van der Waals surface area contributed by atoms with Crippen LogP contribution in [0.4, 0.5) is 4.79 Å². The van der Waals surface area contributed by atoms with E-state index >= 15 is 0 Å². The summed E-state index contributed by atoms with van der Waals surface area (Å²) in [6.45, 7) is 0. The van der Waals surface area contributed by atoms with E-state index in [2.05, 4.69) is 10.6 Å². The van der Waals surface area contributed by atoms with Crippen LogP contribution in [-0.4, -0.2) is 45.0 Å². The third-order valence-electron chi connectivity index (χ3n) is 3.15. The summed E-state index contributed by atoms with van der Waals surface area (Å²) in [5.41, 5.74) is -1.13. The molecule has 96 valence electrons. The molecule has 7 heteroatoms. The quantitative estimate of drug-likeness (QED) is 0.415. The fraction of sp³-hybridized carbons (Fsp3) is 0.800. The number of carboxylic acids is 1. The number of carboxylic acid groups (broad SMARTS) is 1. The van der Waals surface area contributed by atoms with Crippen LogP contribution in [0, 0.1) is 0 Å². The molecule has 3 atom stereocenters. The Morgan fingerprint density at radius 1 is 1.53 bits per heavy atom. The van der Waals surface area contributed by atoms with Crippen LogP contribution >= 0.6 is 11.8 Å². The Balaban J connectivity index is 1.79. The highest BCUT2D eigenvalue weighted by Crippen LogP contribution is 2.38. The van der Waals surface area contributed by atoms with Gasteiger partial charge in [-0.15, -0.1) is 0 Å². The Bertz CT molecular complexity index is 338. The fourth-order valence-electron chi connectivity index (χ4n) is 2.30. The number of amides is 2. The van der Waals surface area contributed by atoms with Crippen LogP contribution in [0.1, 0.15) is 25.7 Å². The molecule has 0 aromatic heterocycles. The summed E-state index contributed by atoms with van der Waals surface area (Å²) in [5, 5.41) is 24.0. The van der Waals surface area contributed by atoms with Crippen molar-refractivity contribution < 1.29 is 19.8 Å². The number of hydrogen-bond donors (Lipinski definition) is 4.